The van der Waals surface area contributed by atoms with E-state index in [2.05, 4.69) is 9.71 Å². The van der Waals surface area contributed by atoms with Crippen LogP contribution < -0.4 is 14.2 Å². The number of hydrogen-bond donors (Lipinski definition) is 1. The Morgan fingerprint density at radius 2 is 1.80 bits per heavy atom. The first-order valence-electron chi connectivity index (χ1n) is 19.6. The molecule has 2 aromatic rings. The molecule has 1 N–H and O–H groups in total. The number of halogens is 1. The van der Waals surface area contributed by atoms with Gasteiger partial charge in [0.15, 0.2) is 5.78 Å². The van der Waals surface area contributed by atoms with Crippen LogP contribution >= 0.6 is 11.6 Å². The molecule has 4 fully saturated rings. The lowest BCUT2D eigenvalue weighted by Gasteiger charge is -2.35. The highest BCUT2D eigenvalue weighted by molar-refractivity contribution is 7.85. The van der Waals surface area contributed by atoms with Crippen molar-refractivity contribution in [2.24, 2.45) is 22.7 Å². The highest BCUT2D eigenvalue weighted by Gasteiger charge is 2.62. The Morgan fingerprint density at radius 1 is 1.09 bits per heavy atom. The summed E-state index contributed by atoms with van der Waals surface area (Å²) in [6.07, 6.45) is 4.35. The highest BCUT2D eigenvalue weighted by Crippen LogP contribution is 2.58. The highest BCUT2D eigenvalue weighted by atomic mass is 35.5. The second kappa shape index (κ2) is 15.8. The zero-order valence-electron chi connectivity index (χ0n) is 32.7. The fourth-order valence-electron chi connectivity index (χ4n) is 8.14. The lowest BCUT2D eigenvalue weighted by molar-refractivity contribution is -0.156. The molecule has 4 aliphatic rings. The standard InChI is InChI=1S/C40H54ClN3O10S/c1-7-24-21-40(24,37(48)43-55(49,50)54-39(6)16-17-39)22-31(45)30-18-26(52-32-20-33(51-8-2)42-35-27(32)14-11-15-29(35)41)23-44(30)36(47)28(38(3,4)5)19-34(46)53-25-12-9-10-13-25/h11,14-15,20,24-26,28,30H,7-10,12-13,16-19,21-23H2,1-6H3,(H,43,48)/t24-,26-,28-,30+,40-/m1/s1. The van der Waals surface area contributed by atoms with E-state index in [0.29, 0.717) is 59.8 Å². The van der Waals surface area contributed by atoms with Gasteiger partial charge in [-0.25, -0.2) is 13.9 Å². The normalized spacial score (nSPS) is 25.4. The molecular weight excluding hydrogens is 750 g/mol. The predicted molar refractivity (Wildman–Crippen MR) is 205 cm³/mol. The van der Waals surface area contributed by atoms with E-state index in [4.69, 9.17) is 30.0 Å². The van der Waals surface area contributed by atoms with Crippen LogP contribution in [0.3, 0.4) is 0 Å². The second-order valence-electron chi connectivity index (χ2n) is 17.1. The van der Waals surface area contributed by atoms with Gasteiger partial charge in [-0.3, -0.25) is 19.2 Å². The lowest BCUT2D eigenvalue weighted by Crippen LogP contribution is -2.48. The fourth-order valence-corrected chi connectivity index (χ4v) is 9.53. The van der Waals surface area contributed by atoms with Gasteiger partial charge in [0, 0.05) is 24.3 Å². The van der Waals surface area contributed by atoms with Crippen molar-refractivity contribution < 1.29 is 46.0 Å². The number of hydrogen-bond acceptors (Lipinski definition) is 11. The van der Waals surface area contributed by atoms with Crippen molar-refractivity contribution in [2.45, 2.75) is 136 Å². The van der Waals surface area contributed by atoms with Crippen LogP contribution in [-0.2, 0) is 38.4 Å². The Labute approximate surface area is 328 Å². The SMILES string of the molecule is CCOc1cc(O[C@@H]2C[C@@H](C(=O)C[C@]3(C(=O)NS(=O)(=O)OC4(C)CC4)C[C@H]3CC)N(C(=O)[C@@H](CC(=O)OC3CCCC3)C(C)(C)C)C2)c2cccc(Cl)c2n1. The first-order chi connectivity index (χ1) is 25.9. The van der Waals surface area contributed by atoms with Crippen LogP contribution in [0.4, 0.5) is 0 Å². The van der Waals surface area contributed by atoms with E-state index in [0.717, 1.165) is 25.7 Å². The molecule has 0 radical (unpaired) electrons. The van der Waals surface area contributed by atoms with Crippen LogP contribution in [0, 0.1) is 22.7 Å². The van der Waals surface area contributed by atoms with Crippen molar-refractivity contribution in [2.75, 3.05) is 13.2 Å². The summed E-state index contributed by atoms with van der Waals surface area (Å²) in [6, 6.07) is 5.93. The summed E-state index contributed by atoms with van der Waals surface area (Å²) in [5.74, 6) is -2.39. The van der Waals surface area contributed by atoms with Crippen molar-refractivity contribution in [1.82, 2.24) is 14.6 Å². The van der Waals surface area contributed by atoms with Crippen LogP contribution in [0.1, 0.15) is 112 Å². The largest absolute Gasteiger partial charge is 0.488 e. The van der Waals surface area contributed by atoms with E-state index in [1.54, 1.807) is 25.1 Å². The molecule has 302 valence electrons. The number of amides is 2. The van der Waals surface area contributed by atoms with Crippen LogP contribution in [0.2, 0.25) is 5.02 Å². The summed E-state index contributed by atoms with van der Waals surface area (Å²) < 4.78 is 51.1. The Morgan fingerprint density at radius 3 is 2.42 bits per heavy atom. The topological polar surface area (TPSA) is 167 Å². The van der Waals surface area contributed by atoms with Gasteiger partial charge >= 0.3 is 16.3 Å². The first kappa shape index (κ1) is 41.2. The molecule has 55 heavy (non-hydrogen) atoms. The molecule has 1 aromatic carbocycles. The number of Topliss-reactive ketones (excluding diaryl/α,β-unsaturated/α-hetero) is 1. The third-order valence-corrected chi connectivity index (χ3v) is 13.1. The van der Waals surface area contributed by atoms with Gasteiger partial charge in [-0.15, -0.1) is 0 Å². The molecular formula is C40H54ClN3O10S. The average Bonchev–Trinajstić information content (AvgIpc) is 3.84. The fraction of sp³-hybridized carbons (Fsp3) is 0.675. The van der Waals surface area contributed by atoms with E-state index in [1.165, 1.54) is 4.90 Å². The van der Waals surface area contributed by atoms with E-state index in [-0.39, 0.29) is 37.8 Å². The van der Waals surface area contributed by atoms with Gasteiger partial charge in [0.1, 0.15) is 18.0 Å². The van der Waals surface area contributed by atoms with Gasteiger partial charge in [-0.05, 0) is 82.3 Å². The number of fused-ring (bicyclic) bond motifs is 1. The van der Waals surface area contributed by atoms with Crippen molar-refractivity contribution >= 4 is 56.4 Å². The number of likely N-dealkylation sites (tertiary alicyclic amines) is 1. The number of pyridine rings is 1. The number of carbonyl (C=O) groups is 4. The van der Waals surface area contributed by atoms with Gasteiger partial charge in [-0.1, -0.05) is 51.8 Å². The lowest BCUT2D eigenvalue weighted by atomic mass is 9.77. The molecule has 13 nitrogen and oxygen atoms in total. The monoisotopic (exact) mass is 803 g/mol. The number of rotatable bonds is 16. The predicted octanol–water partition coefficient (Wildman–Crippen LogP) is 6.48. The van der Waals surface area contributed by atoms with E-state index in [9.17, 15) is 27.6 Å². The molecule has 3 aliphatic carbocycles. The first-order valence-corrected chi connectivity index (χ1v) is 21.3. The average molecular weight is 804 g/mol. The molecule has 0 bridgehead atoms. The van der Waals surface area contributed by atoms with Gasteiger partial charge in [0.25, 0.3) is 0 Å². The maximum atomic E-state index is 14.7. The number of carbonyl (C=O) groups excluding carboxylic acids is 4. The van der Waals surface area contributed by atoms with Crippen LogP contribution in [0.5, 0.6) is 11.6 Å². The van der Waals surface area contributed by atoms with E-state index >= 15 is 0 Å². The minimum atomic E-state index is -4.41. The number of nitrogens with one attached hydrogen (secondary N) is 1. The Hall–Kier alpha value is -3.49. The summed E-state index contributed by atoms with van der Waals surface area (Å²) in [7, 11) is -4.41. The van der Waals surface area contributed by atoms with Gasteiger partial charge < -0.3 is 19.1 Å². The molecule has 0 spiro atoms. The number of nitrogens with zero attached hydrogens (tertiary/aromatic N) is 2. The molecule has 1 saturated heterocycles. The molecule has 0 unspecified atom stereocenters. The molecule has 3 saturated carbocycles. The molecule has 6 rings (SSSR count). The third kappa shape index (κ3) is 9.39. The van der Waals surface area contributed by atoms with Crippen molar-refractivity contribution in [1.29, 1.82) is 0 Å². The Kier molecular flexibility index (Phi) is 11.8. The van der Waals surface area contributed by atoms with Crippen molar-refractivity contribution in [3.05, 3.63) is 29.3 Å². The minimum absolute atomic E-state index is 0.0189. The van der Waals surface area contributed by atoms with E-state index in [1.807, 2.05) is 40.7 Å². The number of ether oxygens (including phenoxy) is 3. The van der Waals surface area contributed by atoms with Crippen molar-refractivity contribution in [3.63, 3.8) is 0 Å². The third-order valence-electron chi connectivity index (χ3n) is 11.7. The smallest absolute Gasteiger partial charge is 0.362 e. The zero-order chi connectivity index (χ0) is 39.9. The molecule has 5 atom stereocenters. The quantitative estimate of drug-likeness (QED) is 0.185. The summed E-state index contributed by atoms with van der Waals surface area (Å²) in [6.45, 7) is 11.4. The zero-order valence-corrected chi connectivity index (χ0v) is 34.2. The van der Waals surface area contributed by atoms with Crippen LogP contribution in [0.15, 0.2) is 24.3 Å². The number of aromatic nitrogens is 1. The van der Waals surface area contributed by atoms with Gasteiger partial charge in [0.05, 0.1) is 53.1 Å². The molecule has 15 heteroatoms. The number of esters is 1. The number of ketones is 1. The summed E-state index contributed by atoms with van der Waals surface area (Å²) in [5, 5.41) is 1.02. The van der Waals surface area contributed by atoms with Crippen molar-refractivity contribution in [3.8, 4) is 11.6 Å². The Bertz CT molecular complexity index is 1920. The maximum absolute atomic E-state index is 14.7. The molecule has 1 aromatic heterocycles. The number of para-hydroxylation sites is 1. The number of benzene rings is 1. The summed E-state index contributed by atoms with van der Waals surface area (Å²) in [4.78, 5) is 62.3. The molecule has 2 heterocycles. The van der Waals surface area contributed by atoms with Crippen LogP contribution in [0.25, 0.3) is 10.9 Å². The minimum Gasteiger partial charge on any atom is -0.488 e. The molecule has 2 amide bonds. The summed E-state index contributed by atoms with van der Waals surface area (Å²) in [5.41, 5.74) is -2.33. The van der Waals surface area contributed by atoms with Gasteiger partial charge in [-0.2, -0.15) is 8.42 Å². The van der Waals surface area contributed by atoms with Gasteiger partial charge in [0.2, 0.25) is 17.7 Å². The second-order valence-corrected chi connectivity index (χ2v) is 18.7. The van der Waals surface area contributed by atoms with E-state index < -0.39 is 68.4 Å². The summed E-state index contributed by atoms with van der Waals surface area (Å²) >= 11 is 6.52. The maximum Gasteiger partial charge on any atom is 0.362 e. The Balaban J connectivity index is 1.29. The van der Waals surface area contributed by atoms with Crippen LogP contribution in [-0.4, -0.2) is 78.9 Å². The molecule has 1 aliphatic heterocycles.